The molecule has 1 heterocycles. The first-order valence-electron chi connectivity index (χ1n) is 10.1. The monoisotopic (exact) mass is 464 g/mol. The van der Waals surface area contributed by atoms with Crippen molar-refractivity contribution < 1.29 is 32.8 Å². The molecule has 0 unspecified atom stereocenters. The zero-order valence-corrected chi connectivity index (χ0v) is 17.8. The summed E-state index contributed by atoms with van der Waals surface area (Å²) >= 11 is 0. The maximum atomic E-state index is 13.3. The summed E-state index contributed by atoms with van der Waals surface area (Å²) in [6.45, 7) is 2.57. The number of rotatable bonds is 4. The van der Waals surface area contributed by atoms with Crippen molar-refractivity contribution in [3.63, 3.8) is 0 Å². The van der Waals surface area contributed by atoms with Crippen LogP contribution in [-0.4, -0.2) is 59.0 Å². The maximum absolute atomic E-state index is 13.3. The number of benzene rings is 2. The van der Waals surface area contributed by atoms with Gasteiger partial charge in [-0.1, -0.05) is 18.2 Å². The van der Waals surface area contributed by atoms with Crippen molar-refractivity contribution >= 4 is 23.5 Å². The molecule has 0 radical (unpaired) electrons. The number of hydroxylamine groups is 1. The van der Waals surface area contributed by atoms with Crippen LogP contribution in [0.3, 0.4) is 0 Å². The van der Waals surface area contributed by atoms with E-state index in [4.69, 9.17) is 5.21 Å². The number of nitrogens with zero attached hydrogens (tertiary/aromatic N) is 3. The van der Waals surface area contributed by atoms with E-state index < -0.39 is 23.7 Å². The SMILES string of the molecule is CC(=O)N1CCN(C(=O)N(Cc2ccc(C(=O)NO)cc2)c2cccc(C(F)(F)F)c2)CC1. The molecular formula is C22H23F3N4O4. The molecule has 3 rings (SSSR count). The average molecular weight is 464 g/mol. The Morgan fingerprint density at radius 2 is 1.61 bits per heavy atom. The highest BCUT2D eigenvalue weighted by molar-refractivity contribution is 5.94. The van der Waals surface area contributed by atoms with Gasteiger partial charge in [0.1, 0.15) is 0 Å². The molecule has 11 heteroatoms. The average Bonchev–Trinajstić information content (AvgIpc) is 2.81. The van der Waals surface area contributed by atoms with Crippen molar-refractivity contribution in [2.45, 2.75) is 19.6 Å². The van der Waals surface area contributed by atoms with Gasteiger partial charge in [-0.25, -0.2) is 10.3 Å². The summed E-state index contributed by atoms with van der Waals surface area (Å²) in [7, 11) is 0. The van der Waals surface area contributed by atoms with Gasteiger partial charge in [0, 0.05) is 44.4 Å². The molecule has 0 atom stereocenters. The number of hydrogen-bond acceptors (Lipinski definition) is 4. The minimum absolute atomic E-state index is 0.0475. The van der Waals surface area contributed by atoms with Crippen LogP contribution in [0.2, 0.25) is 0 Å². The zero-order valence-electron chi connectivity index (χ0n) is 17.8. The molecule has 4 amide bonds. The van der Waals surface area contributed by atoms with Crippen LogP contribution in [0.4, 0.5) is 23.7 Å². The fourth-order valence-corrected chi connectivity index (χ4v) is 3.51. The van der Waals surface area contributed by atoms with E-state index in [1.807, 2.05) is 0 Å². The number of amides is 4. The molecule has 33 heavy (non-hydrogen) atoms. The third-order valence-electron chi connectivity index (χ3n) is 5.37. The van der Waals surface area contributed by atoms with Crippen molar-refractivity contribution in [2.24, 2.45) is 0 Å². The number of carbonyl (C=O) groups is 3. The van der Waals surface area contributed by atoms with Gasteiger partial charge in [0.25, 0.3) is 5.91 Å². The molecule has 176 valence electrons. The second-order valence-electron chi connectivity index (χ2n) is 7.55. The van der Waals surface area contributed by atoms with Crippen LogP contribution in [0.25, 0.3) is 0 Å². The van der Waals surface area contributed by atoms with Gasteiger partial charge in [0.15, 0.2) is 0 Å². The Labute approximate surface area is 188 Å². The second-order valence-corrected chi connectivity index (χ2v) is 7.55. The van der Waals surface area contributed by atoms with Crippen LogP contribution in [0.5, 0.6) is 0 Å². The summed E-state index contributed by atoms with van der Waals surface area (Å²) in [6, 6.07) is 9.97. The lowest BCUT2D eigenvalue weighted by atomic mass is 10.1. The number of piperazine rings is 1. The minimum atomic E-state index is -4.57. The first kappa shape index (κ1) is 24.1. The van der Waals surface area contributed by atoms with Crippen molar-refractivity contribution in [3.05, 3.63) is 65.2 Å². The Bertz CT molecular complexity index is 1020. The molecular weight excluding hydrogens is 441 g/mol. The lowest BCUT2D eigenvalue weighted by molar-refractivity contribution is -0.137. The Kier molecular flexibility index (Phi) is 7.22. The van der Waals surface area contributed by atoms with E-state index >= 15 is 0 Å². The fourth-order valence-electron chi connectivity index (χ4n) is 3.51. The van der Waals surface area contributed by atoms with Crippen LogP contribution in [-0.2, 0) is 17.5 Å². The van der Waals surface area contributed by atoms with E-state index in [0.717, 1.165) is 12.1 Å². The third-order valence-corrected chi connectivity index (χ3v) is 5.37. The van der Waals surface area contributed by atoms with Gasteiger partial charge in [0.05, 0.1) is 12.1 Å². The molecule has 0 bridgehead atoms. The molecule has 2 aromatic carbocycles. The number of carbonyl (C=O) groups excluding carboxylic acids is 3. The first-order chi connectivity index (χ1) is 15.6. The van der Waals surface area contributed by atoms with Crippen molar-refractivity contribution in [2.75, 3.05) is 31.1 Å². The molecule has 1 saturated heterocycles. The molecule has 2 N–H and O–H groups in total. The lowest BCUT2D eigenvalue weighted by Crippen LogP contribution is -2.53. The molecule has 2 aromatic rings. The van der Waals surface area contributed by atoms with E-state index in [1.165, 1.54) is 46.5 Å². The topological polar surface area (TPSA) is 93.2 Å². The van der Waals surface area contributed by atoms with Crippen LogP contribution >= 0.6 is 0 Å². The van der Waals surface area contributed by atoms with Gasteiger partial charge in [-0.05, 0) is 35.9 Å². The second kappa shape index (κ2) is 9.90. The largest absolute Gasteiger partial charge is 0.416 e. The first-order valence-corrected chi connectivity index (χ1v) is 10.1. The van der Waals surface area contributed by atoms with Crippen LogP contribution in [0.1, 0.15) is 28.4 Å². The number of hydrogen-bond donors (Lipinski definition) is 2. The Morgan fingerprint density at radius 1 is 1.00 bits per heavy atom. The van der Waals surface area contributed by atoms with E-state index in [9.17, 15) is 27.6 Å². The highest BCUT2D eigenvalue weighted by Gasteiger charge is 2.32. The van der Waals surface area contributed by atoms with E-state index in [0.29, 0.717) is 18.7 Å². The molecule has 0 aliphatic carbocycles. The number of halogens is 3. The summed E-state index contributed by atoms with van der Waals surface area (Å²) in [5, 5.41) is 8.74. The van der Waals surface area contributed by atoms with Crippen molar-refractivity contribution in [1.29, 1.82) is 0 Å². The zero-order chi connectivity index (χ0) is 24.2. The predicted molar refractivity (Wildman–Crippen MR) is 113 cm³/mol. The van der Waals surface area contributed by atoms with Crippen LogP contribution in [0, 0.1) is 0 Å². The lowest BCUT2D eigenvalue weighted by Gasteiger charge is -2.37. The quantitative estimate of drug-likeness (QED) is 0.537. The molecule has 0 saturated carbocycles. The smallest absolute Gasteiger partial charge is 0.339 e. The minimum Gasteiger partial charge on any atom is -0.339 e. The Balaban J connectivity index is 1.89. The van der Waals surface area contributed by atoms with Crippen molar-refractivity contribution in [1.82, 2.24) is 15.3 Å². The Hall–Kier alpha value is -3.60. The highest BCUT2D eigenvalue weighted by atomic mass is 19.4. The maximum Gasteiger partial charge on any atom is 0.416 e. The third kappa shape index (κ3) is 5.80. The van der Waals surface area contributed by atoms with Gasteiger partial charge in [0.2, 0.25) is 5.91 Å². The van der Waals surface area contributed by atoms with Gasteiger partial charge < -0.3 is 9.80 Å². The summed E-state index contributed by atoms with van der Waals surface area (Å²) in [6.07, 6.45) is -4.57. The van der Waals surface area contributed by atoms with Crippen LogP contribution < -0.4 is 10.4 Å². The fraction of sp³-hybridized carbons (Fsp3) is 0.318. The summed E-state index contributed by atoms with van der Waals surface area (Å²) < 4.78 is 39.8. The summed E-state index contributed by atoms with van der Waals surface area (Å²) in [4.78, 5) is 40.7. The predicted octanol–water partition coefficient (Wildman–Crippen LogP) is 3.12. The molecule has 0 spiro atoms. The van der Waals surface area contributed by atoms with Gasteiger partial charge in [-0.3, -0.25) is 19.7 Å². The number of alkyl halides is 3. The standard InChI is InChI=1S/C22H23F3N4O4/c1-15(30)27-9-11-28(12-10-27)21(32)29(19-4-2-3-18(13-19)22(23,24)25)14-16-5-7-17(8-6-16)20(31)26-33/h2-8,13,33H,9-12,14H2,1H3,(H,26,31). The summed E-state index contributed by atoms with van der Waals surface area (Å²) in [5.74, 6) is -0.820. The molecule has 1 fully saturated rings. The summed E-state index contributed by atoms with van der Waals surface area (Å²) in [5.41, 5.74) is 1.45. The van der Waals surface area contributed by atoms with E-state index in [2.05, 4.69) is 0 Å². The number of anilines is 1. The van der Waals surface area contributed by atoms with Gasteiger partial charge in [-0.15, -0.1) is 0 Å². The number of nitrogens with one attached hydrogen (secondary N) is 1. The molecule has 0 aromatic heterocycles. The van der Waals surface area contributed by atoms with Crippen molar-refractivity contribution in [3.8, 4) is 0 Å². The van der Waals surface area contributed by atoms with Gasteiger partial charge >= 0.3 is 12.2 Å². The van der Waals surface area contributed by atoms with E-state index in [1.54, 1.807) is 17.0 Å². The van der Waals surface area contributed by atoms with E-state index in [-0.39, 0.29) is 36.8 Å². The Morgan fingerprint density at radius 3 is 2.15 bits per heavy atom. The highest BCUT2D eigenvalue weighted by Crippen LogP contribution is 2.32. The van der Waals surface area contributed by atoms with Gasteiger partial charge in [-0.2, -0.15) is 13.2 Å². The molecule has 8 nitrogen and oxygen atoms in total. The molecule has 1 aliphatic rings. The molecule has 1 aliphatic heterocycles. The van der Waals surface area contributed by atoms with Crippen LogP contribution in [0.15, 0.2) is 48.5 Å². The normalized spacial score (nSPS) is 14.1. The number of urea groups is 1.